The molecule has 1 heterocycles. The zero-order valence-corrected chi connectivity index (χ0v) is 14.6. The maximum atomic E-state index is 12.3. The van der Waals surface area contributed by atoms with Gasteiger partial charge in [0, 0.05) is 12.6 Å². The maximum absolute atomic E-state index is 12.3. The van der Waals surface area contributed by atoms with Crippen molar-refractivity contribution in [2.75, 3.05) is 10.6 Å². The molecular weight excluding hydrogens is 346 g/mol. The molecule has 1 aromatic heterocycles. The van der Waals surface area contributed by atoms with E-state index in [0.29, 0.717) is 21.4 Å². The highest BCUT2D eigenvalue weighted by molar-refractivity contribution is 7.22. The molecule has 0 aliphatic heterocycles. The first kappa shape index (κ1) is 16.4. The van der Waals surface area contributed by atoms with E-state index in [1.54, 1.807) is 24.3 Å². The Morgan fingerprint density at radius 2 is 1.92 bits per heavy atom. The lowest BCUT2D eigenvalue weighted by Gasteiger charge is -2.04. The number of hydrogen-bond acceptors (Lipinski definition) is 4. The molecule has 0 unspecified atom stereocenters. The first-order chi connectivity index (χ1) is 11.4. The zero-order valence-electron chi connectivity index (χ0n) is 13.0. The number of carbonyl (C=O) groups is 2. The van der Waals surface area contributed by atoms with Gasteiger partial charge >= 0.3 is 0 Å². The average Bonchev–Trinajstić information content (AvgIpc) is 2.87. The number of hydrogen-bond donors (Lipinski definition) is 2. The van der Waals surface area contributed by atoms with Crippen LogP contribution >= 0.6 is 22.9 Å². The molecule has 2 aromatic carbocycles. The van der Waals surface area contributed by atoms with Crippen LogP contribution in [0.1, 0.15) is 22.8 Å². The predicted molar refractivity (Wildman–Crippen MR) is 98.1 cm³/mol. The Kier molecular flexibility index (Phi) is 4.51. The number of benzene rings is 2. The van der Waals surface area contributed by atoms with Crippen molar-refractivity contribution >= 4 is 55.8 Å². The number of aryl methyl sites for hydroxylation is 1. The molecule has 0 saturated carbocycles. The number of thiazole rings is 1. The SMILES string of the molecule is CC(=O)Nc1ccc2nc(NC(=O)c3ccc(C)cc3Cl)sc2c1. The van der Waals surface area contributed by atoms with E-state index in [4.69, 9.17) is 11.6 Å². The molecule has 0 spiro atoms. The number of amides is 2. The maximum Gasteiger partial charge on any atom is 0.258 e. The summed E-state index contributed by atoms with van der Waals surface area (Å²) in [6, 6.07) is 10.7. The van der Waals surface area contributed by atoms with Gasteiger partial charge in [-0.1, -0.05) is 29.0 Å². The molecule has 0 bridgehead atoms. The summed E-state index contributed by atoms with van der Waals surface area (Å²) < 4.78 is 0.867. The number of aromatic nitrogens is 1. The van der Waals surface area contributed by atoms with Gasteiger partial charge in [-0.15, -0.1) is 0 Å². The van der Waals surface area contributed by atoms with Crippen molar-refractivity contribution < 1.29 is 9.59 Å². The summed E-state index contributed by atoms with van der Waals surface area (Å²) >= 11 is 7.45. The largest absolute Gasteiger partial charge is 0.326 e. The lowest BCUT2D eigenvalue weighted by atomic mass is 10.1. The van der Waals surface area contributed by atoms with Gasteiger partial charge in [-0.05, 0) is 42.8 Å². The van der Waals surface area contributed by atoms with E-state index in [-0.39, 0.29) is 11.8 Å². The summed E-state index contributed by atoms with van der Waals surface area (Å²) in [5.74, 6) is -0.442. The fourth-order valence-corrected chi connectivity index (χ4v) is 3.45. The van der Waals surface area contributed by atoms with Gasteiger partial charge in [-0.25, -0.2) is 4.98 Å². The third kappa shape index (κ3) is 3.55. The van der Waals surface area contributed by atoms with Crippen LogP contribution in [0.4, 0.5) is 10.8 Å². The van der Waals surface area contributed by atoms with Gasteiger partial charge < -0.3 is 5.32 Å². The minimum absolute atomic E-state index is 0.138. The van der Waals surface area contributed by atoms with Gasteiger partial charge in [0.25, 0.3) is 5.91 Å². The minimum atomic E-state index is -0.304. The van der Waals surface area contributed by atoms with Gasteiger partial charge in [-0.3, -0.25) is 14.9 Å². The first-order valence-electron chi connectivity index (χ1n) is 7.18. The third-order valence-corrected chi connectivity index (χ3v) is 4.54. The molecule has 0 atom stereocenters. The highest BCUT2D eigenvalue weighted by Crippen LogP contribution is 2.29. The molecule has 7 heteroatoms. The molecule has 5 nitrogen and oxygen atoms in total. The molecule has 0 fully saturated rings. The number of nitrogens with one attached hydrogen (secondary N) is 2. The van der Waals surface area contributed by atoms with Crippen LogP contribution in [0, 0.1) is 6.92 Å². The second-order valence-corrected chi connectivity index (χ2v) is 6.76. The average molecular weight is 360 g/mol. The normalized spacial score (nSPS) is 10.6. The molecule has 0 aliphatic carbocycles. The van der Waals surface area contributed by atoms with Crippen LogP contribution in [0.25, 0.3) is 10.2 Å². The Labute approximate surface area is 147 Å². The molecular formula is C17H14ClN3O2S. The van der Waals surface area contributed by atoms with E-state index in [0.717, 1.165) is 15.8 Å². The van der Waals surface area contributed by atoms with Crippen LogP contribution in [0.15, 0.2) is 36.4 Å². The summed E-state index contributed by atoms with van der Waals surface area (Å²) in [5, 5.41) is 6.37. The van der Waals surface area contributed by atoms with Gasteiger partial charge in [0.05, 0.1) is 20.8 Å². The highest BCUT2D eigenvalue weighted by Gasteiger charge is 2.13. The third-order valence-electron chi connectivity index (χ3n) is 3.30. The van der Waals surface area contributed by atoms with Gasteiger partial charge in [-0.2, -0.15) is 0 Å². The lowest BCUT2D eigenvalue weighted by Crippen LogP contribution is -2.12. The van der Waals surface area contributed by atoms with Crippen molar-refractivity contribution in [3.8, 4) is 0 Å². The van der Waals surface area contributed by atoms with Crippen molar-refractivity contribution in [2.24, 2.45) is 0 Å². The number of rotatable bonds is 3. The van der Waals surface area contributed by atoms with E-state index in [9.17, 15) is 9.59 Å². The van der Waals surface area contributed by atoms with E-state index in [1.165, 1.54) is 18.3 Å². The number of anilines is 2. The van der Waals surface area contributed by atoms with Crippen LogP contribution < -0.4 is 10.6 Å². The van der Waals surface area contributed by atoms with Crippen LogP contribution in [-0.2, 0) is 4.79 Å². The Hall–Kier alpha value is -2.44. The predicted octanol–water partition coefficient (Wildman–Crippen LogP) is 4.47. The zero-order chi connectivity index (χ0) is 17.3. The highest BCUT2D eigenvalue weighted by atomic mass is 35.5. The fourth-order valence-electron chi connectivity index (χ4n) is 2.23. The Balaban J connectivity index is 1.84. The topological polar surface area (TPSA) is 71.1 Å². The Bertz CT molecular complexity index is 952. The van der Waals surface area contributed by atoms with E-state index in [2.05, 4.69) is 15.6 Å². The van der Waals surface area contributed by atoms with Crippen molar-refractivity contribution in [3.05, 3.63) is 52.5 Å². The molecule has 0 aliphatic rings. The summed E-state index contributed by atoms with van der Waals surface area (Å²) in [7, 11) is 0. The smallest absolute Gasteiger partial charge is 0.258 e. The van der Waals surface area contributed by atoms with Crippen molar-refractivity contribution in [3.63, 3.8) is 0 Å². The van der Waals surface area contributed by atoms with Crippen LogP contribution in [0.2, 0.25) is 5.02 Å². The monoisotopic (exact) mass is 359 g/mol. The molecule has 122 valence electrons. The van der Waals surface area contributed by atoms with Crippen LogP contribution in [0.5, 0.6) is 0 Å². The summed E-state index contributed by atoms with van der Waals surface area (Å²) in [6.07, 6.45) is 0. The second-order valence-electron chi connectivity index (χ2n) is 5.32. The standard InChI is InChI=1S/C17H14ClN3O2S/c1-9-3-5-12(13(18)7-9)16(23)21-17-20-14-6-4-11(19-10(2)22)8-15(14)24-17/h3-8H,1-2H3,(H,19,22)(H,20,21,23). The van der Waals surface area contributed by atoms with Crippen LogP contribution in [0.3, 0.4) is 0 Å². The summed E-state index contributed by atoms with van der Waals surface area (Å²) in [5.41, 5.74) is 2.83. The Morgan fingerprint density at radius 1 is 1.12 bits per heavy atom. The van der Waals surface area contributed by atoms with Crippen molar-refractivity contribution in [2.45, 2.75) is 13.8 Å². The summed E-state index contributed by atoms with van der Waals surface area (Å²) in [6.45, 7) is 3.36. The molecule has 2 N–H and O–H groups in total. The lowest BCUT2D eigenvalue weighted by molar-refractivity contribution is -0.114. The molecule has 3 aromatic rings. The number of carbonyl (C=O) groups excluding carboxylic acids is 2. The number of fused-ring (bicyclic) bond motifs is 1. The van der Waals surface area contributed by atoms with Crippen LogP contribution in [-0.4, -0.2) is 16.8 Å². The molecule has 0 saturated heterocycles. The summed E-state index contributed by atoms with van der Waals surface area (Å²) in [4.78, 5) is 27.8. The van der Waals surface area contributed by atoms with Crippen molar-refractivity contribution in [1.29, 1.82) is 0 Å². The number of halogens is 1. The van der Waals surface area contributed by atoms with Crippen molar-refractivity contribution in [1.82, 2.24) is 4.98 Å². The second kappa shape index (κ2) is 6.59. The first-order valence-corrected chi connectivity index (χ1v) is 8.37. The minimum Gasteiger partial charge on any atom is -0.326 e. The van der Waals surface area contributed by atoms with E-state index < -0.39 is 0 Å². The molecule has 2 amide bonds. The van der Waals surface area contributed by atoms with E-state index >= 15 is 0 Å². The van der Waals surface area contributed by atoms with Gasteiger partial charge in [0.2, 0.25) is 5.91 Å². The van der Waals surface area contributed by atoms with E-state index in [1.807, 2.05) is 19.1 Å². The quantitative estimate of drug-likeness (QED) is 0.724. The fraction of sp³-hybridized carbons (Fsp3) is 0.118. The van der Waals surface area contributed by atoms with Gasteiger partial charge in [0.1, 0.15) is 0 Å². The molecule has 0 radical (unpaired) electrons. The van der Waals surface area contributed by atoms with Gasteiger partial charge in [0.15, 0.2) is 5.13 Å². The Morgan fingerprint density at radius 3 is 2.62 bits per heavy atom. The number of nitrogens with zero attached hydrogens (tertiary/aromatic N) is 1. The molecule has 24 heavy (non-hydrogen) atoms. The molecule has 3 rings (SSSR count).